The van der Waals surface area contributed by atoms with Gasteiger partial charge in [0.05, 0.1) is 0 Å². The Bertz CT molecular complexity index is 263. The van der Waals surface area contributed by atoms with Crippen LogP contribution in [0.3, 0.4) is 0 Å². The second-order valence-corrected chi connectivity index (χ2v) is 2.35. The van der Waals surface area contributed by atoms with Gasteiger partial charge in [-0.1, -0.05) is 0 Å². The van der Waals surface area contributed by atoms with Crippen LogP contribution in [0.5, 0.6) is 0 Å². The van der Waals surface area contributed by atoms with E-state index in [0.717, 1.165) is 6.20 Å². The number of alkyl halides is 3. The number of rotatable bonds is 0. The second kappa shape index (κ2) is 4.97. The van der Waals surface area contributed by atoms with Crippen LogP contribution < -0.4 is 0 Å². The summed E-state index contributed by atoms with van der Waals surface area (Å²) in [6.45, 7) is 0. The molecule has 0 saturated carbocycles. The van der Waals surface area contributed by atoms with Crippen molar-refractivity contribution in [3.63, 3.8) is 0 Å². The second-order valence-electron chi connectivity index (χ2n) is 1.87. The van der Waals surface area contributed by atoms with E-state index in [1.165, 1.54) is 12.1 Å². The number of pyridine rings is 1. The summed E-state index contributed by atoms with van der Waals surface area (Å²) in [5.41, 5.74) is -0.941. The van der Waals surface area contributed by atoms with Gasteiger partial charge in [-0.15, -0.1) is 12.6 Å². The molecule has 1 rings (SSSR count). The molecule has 0 N–H and O–H groups in total. The van der Waals surface area contributed by atoms with Crippen LogP contribution in [0.15, 0.2) is 23.2 Å². The zero-order chi connectivity index (χ0) is 8.48. The zero-order valence-electron chi connectivity index (χ0n) is 6.26. The molecule has 12 heavy (non-hydrogen) atoms. The molecule has 0 atom stereocenters. The average molecular weight is 218 g/mol. The van der Waals surface area contributed by atoms with Gasteiger partial charge in [-0.2, -0.15) is 13.2 Å². The summed E-state index contributed by atoms with van der Waals surface area (Å²) in [6, 6.07) is 2.65. The Labute approximate surface area is 116 Å². The van der Waals surface area contributed by atoms with Gasteiger partial charge in [0.1, 0.15) is 0 Å². The van der Waals surface area contributed by atoms with Gasteiger partial charge >= 0.3 is 6.18 Å². The van der Waals surface area contributed by atoms with Crippen LogP contribution in [0.1, 0.15) is 5.69 Å². The van der Waals surface area contributed by atoms with Gasteiger partial charge in [0, 0.05) is 62.5 Å². The van der Waals surface area contributed by atoms with Crippen LogP contribution in [0.4, 0.5) is 13.2 Å². The minimum absolute atomic E-state index is 0. The maximum absolute atomic E-state index is 11.9. The smallest absolute Gasteiger partial charge is 0.251 e. The first-order valence-electron chi connectivity index (χ1n) is 2.73. The Balaban J connectivity index is 0.00000121. The Hall–Kier alpha value is 0.926. The predicted octanol–water partition coefficient (Wildman–Crippen LogP) is 2.01. The van der Waals surface area contributed by atoms with Crippen LogP contribution in [0.25, 0.3) is 0 Å². The van der Waals surface area contributed by atoms with Crippen molar-refractivity contribution >= 4 is 64.0 Å². The van der Waals surface area contributed by atoms with Crippen LogP contribution in [0, 0.1) is 0 Å². The van der Waals surface area contributed by atoms with Crippen molar-refractivity contribution in [2.75, 3.05) is 0 Å². The SMILES string of the molecule is FC(F)(F)c1ncccc1S.[K]. The molecule has 0 fully saturated rings. The first-order valence-corrected chi connectivity index (χ1v) is 3.17. The molecule has 0 bridgehead atoms. The summed E-state index contributed by atoms with van der Waals surface area (Å²) >= 11 is 3.61. The number of hydrogen-bond donors (Lipinski definition) is 1. The Morgan fingerprint density at radius 1 is 1.33 bits per heavy atom. The monoisotopic (exact) mass is 218 g/mol. The summed E-state index contributed by atoms with van der Waals surface area (Å²) in [7, 11) is 0. The molecule has 1 aromatic heterocycles. The standard InChI is InChI=1S/C6H4F3NS.K/c7-6(8,9)5-4(11)2-1-3-10-5;/h1-3,11H;. The first-order chi connectivity index (χ1) is 5.02. The van der Waals surface area contributed by atoms with Crippen LogP contribution >= 0.6 is 12.6 Å². The van der Waals surface area contributed by atoms with Crippen molar-refractivity contribution in [1.82, 2.24) is 4.98 Å². The minimum atomic E-state index is -4.40. The number of nitrogens with zero attached hydrogens (tertiary/aromatic N) is 1. The molecular formula is C6H4F3KNS. The molecule has 0 unspecified atom stereocenters. The van der Waals surface area contributed by atoms with E-state index in [1.54, 1.807) is 0 Å². The van der Waals surface area contributed by atoms with Gasteiger partial charge in [0.2, 0.25) is 0 Å². The molecule has 6 heteroatoms. The van der Waals surface area contributed by atoms with Gasteiger partial charge < -0.3 is 0 Å². The van der Waals surface area contributed by atoms with E-state index in [0.29, 0.717) is 0 Å². The summed E-state index contributed by atoms with van der Waals surface area (Å²) in [4.78, 5) is 3.00. The molecule has 1 heterocycles. The van der Waals surface area contributed by atoms with E-state index >= 15 is 0 Å². The molecule has 61 valence electrons. The van der Waals surface area contributed by atoms with Crippen LogP contribution in [0.2, 0.25) is 0 Å². The number of hydrogen-bond acceptors (Lipinski definition) is 2. The molecular weight excluding hydrogens is 214 g/mol. The molecule has 0 spiro atoms. The molecule has 0 aromatic carbocycles. The Morgan fingerprint density at radius 3 is 2.25 bits per heavy atom. The van der Waals surface area contributed by atoms with E-state index in [2.05, 4.69) is 17.6 Å². The fourth-order valence-electron chi connectivity index (χ4n) is 0.615. The van der Waals surface area contributed by atoms with Crippen LogP contribution in [-0.2, 0) is 6.18 Å². The fraction of sp³-hybridized carbons (Fsp3) is 0.167. The summed E-state index contributed by atoms with van der Waals surface area (Å²) < 4.78 is 35.8. The van der Waals surface area contributed by atoms with Gasteiger partial charge in [0.15, 0.2) is 5.69 Å². The molecule has 0 aliphatic heterocycles. The maximum Gasteiger partial charge on any atom is 0.434 e. The van der Waals surface area contributed by atoms with E-state index in [4.69, 9.17) is 0 Å². The summed E-state index contributed by atoms with van der Waals surface area (Å²) in [6.07, 6.45) is -3.32. The minimum Gasteiger partial charge on any atom is -0.251 e. The maximum atomic E-state index is 11.9. The van der Waals surface area contributed by atoms with Crippen molar-refractivity contribution in [1.29, 1.82) is 0 Å². The van der Waals surface area contributed by atoms with E-state index in [9.17, 15) is 13.2 Å². The summed E-state index contributed by atoms with van der Waals surface area (Å²) in [5, 5.41) is 0. The van der Waals surface area contributed by atoms with E-state index in [-0.39, 0.29) is 56.3 Å². The molecule has 0 amide bonds. The van der Waals surface area contributed by atoms with Crippen molar-refractivity contribution in [3.05, 3.63) is 24.0 Å². The topological polar surface area (TPSA) is 12.9 Å². The molecule has 0 aliphatic carbocycles. The van der Waals surface area contributed by atoms with Crippen LogP contribution in [-0.4, -0.2) is 56.4 Å². The van der Waals surface area contributed by atoms with Gasteiger partial charge in [0.25, 0.3) is 0 Å². The Morgan fingerprint density at radius 2 is 1.92 bits per heavy atom. The molecule has 0 aliphatic rings. The average Bonchev–Trinajstić information content (AvgIpc) is 1.86. The molecule has 1 aromatic rings. The number of thiol groups is 1. The Kier molecular flexibility index (Phi) is 5.35. The largest absolute Gasteiger partial charge is 0.434 e. The third-order valence-corrected chi connectivity index (χ3v) is 1.42. The first kappa shape index (κ1) is 12.9. The fourth-order valence-corrected chi connectivity index (χ4v) is 0.886. The quantitative estimate of drug-likeness (QED) is 0.519. The molecule has 0 saturated heterocycles. The summed E-state index contributed by atoms with van der Waals surface area (Å²) in [5.74, 6) is 0. The van der Waals surface area contributed by atoms with Crippen molar-refractivity contribution in [2.45, 2.75) is 11.1 Å². The van der Waals surface area contributed by atoms with Gasteiger partial charge in [-0.05, 0) is 12.1 Å². The van der Waals surface area contributed by atoms with Crippen molar-refractivity contribution < 1.29 is 13.2 Å². The third kappa shape index (κ3) is 3.35. The van der Waals surface area contributed by atoms with Gasteiger partial charge in [-0.3, -0.25) is 4.98 Å². The van der Waals surface area contributed by atoms with Crippen molar-refractivity contribution in [2.24, 2.45) is 0 Å². The van der Waals surface area contributed by atoms with E-state index in [1.807, 2.05) is 0 Å². The number of halogens is 3. The zero-order valence-corrected chi connectivity index (χ0v) is 10.3. The van der Waals surface area contributed by atoms with E-state index < -0.39 is 11.9 Å². The normalized spacial score (nSPS) is 10.7. The predicted molar refractivity (Wildman–Crippen MR) is 42.2 cm³/mol. The van der Waals surface area contributed by atoms with Crippen molar-refractivity contribution in [3.8, 4) is 0 Å². The molecule has 1 radical (unpaired) electrons. The third-order valence-electron chi connectivity index (χ3n) is 1.05. The molecule has 1 nitrogen and oxygen atoms in total. The van der Waals surface area contributed by atoms with Gasteiger partial charge in [-0.25, -0.2) is 0 Å². The number of aromatic nitrogens is 1.